The summed E-state index contributed by atoms with van der Waals surface area (Å²) in [6, 6.07) is 4.63. The van der Waals surface area contributed by atoms with Gasteiger partial charge in [0.25, 0.3) is 5.91 Å². The quantitative estimate of drug-likeness (QED) is 0.735. The van der Waals surface area contributed by atoms with Crippen LogP contribution < -0.4 is 11.1 Å². The molecule has 8 heteroatoms. The zero-order valence-electron chi connectivity index (χ0n) is 15.7. The van der Waals surface area contributed by atoms with E-state index in [1.165, 1.54) is 10.4 Å². The van der Waals surface area contributed by atoms with Crippen LogP contribution in [-0.2, 0) is 14.8 Å². The van der Waals surface area contributed by atoms with Crippen molar-refractivity contribution in [2.24, 2.45) is 11.7 Å². The molecule has 1 saturated heterocycles. The number of sulfonamides is 1. The maximum Gasteiger partial charge on any atom is 0.251 e. The van der Waals surface area contributed by atoms with Gasteiger partial charge in [0.1, 0.15) is 0 Å². The number of amides is 1. The second-order valence-electron chi connectivity index (χ2n) is 7.03. The Morgan fingerprint density at radius 2 is 1.96 bits per heavy atom. The Morgan fingerprint density at radius 1 is 1.31 bits per heavy atom. The molecular formula is C18H29N3O4S. The van der Waals surface area contributed by atoms with Gasteiger partial charge in [0.05, 0.1) is 18.1 Å². The van der Waals surface area contributed by atoms with Crippen molar-refractivity contribution in [2.45, 2.75) is 38.1 Å². The summed E-state index contributed by atoms with van der Waals surface area (Å²) in [6.45, 7) is 7.61. The fourth-order valence-corrected chi connectivity index (χ4v) is 4.66. The Labute approximate surface area is 155 Å². The van der Waals surface area contributed by atoms with Crippen LogP contribution >= 0.6 is 0 Å². The minimum atomic E-state index is -3.65. The number of hydrogen-bond acceptors (Lipinski definition) is 5. The van der Waals surface area contributed by atoms with Gasteiger partial charge in [-0.3, -0.25) is 4.79 Å². The first kappa shape index (κ1) is 20.8. The molecule has 1 amide bonds. The Balaban J connectivity index is 2.24. The van der Waals surface area contributed by atoms with Crippen LogP contribution in [0, 0.1) is 12.8 Å². The monoisotopic (exact) mass is 383 g/mol. The van der Waals surface area contributed by atoms with E-state index in [4.69, 9.17) is 10.5 Å². The van der Waals surface area contributed by atoms with E-state index in [1.807, 2.05) is 0 Å². The average molecular weight is 384 g/mol. The third-order valence-corrected chi connectivity index (χ3v) is 6.45. The molecule has 1 unspecified atom stereocenters. The van der Waals surface area contributed by atoms with Crippen molar-refractivity contribution in [1.29, 1.82) is 0 Å². The molecule has 146 valence electrons. The zero-order valence-corrected chi connectivity index (χ0v) is 16.5. The Hall–Kier alpha value is -1.48. The molecule has 0 radical (unpaired) electrons. The molecule has 1 heterocycles. The predicted octanol–water partition coefficient (Wildman–Crippen LogP) is 1.12. The highest BCUT2D eigenvalue weighted by molar-refractivity contribution is 7.89. The molecule has 7 nitrogen and oxygen atoms in total. The van der Waals surface area contributed by atoms with E-state index >= 15 is 0 Å². The SMILES string of the molecule is Cc1ccc(C(=O)NC(CN)CC(C)C)cc1S(=O)(=O)N1CCOCC1. The Kier molecular flexibility index (Phi) is 7.16. The van der Waals surface area contributed by atoms with Crippen LogP contribution in [0.5, 0.6) is 0 Å². The number of aryl methyl sites for hydroxylation is 1. The van der Waals surface area contributed by atoms with Crippen LogP contribution in [-0.4, -0.2) is 57.5 Å². The maximum absolute atomic E-state index is 12.9. The fraction of sp³-hybridized carbons (Fsp3) is 0.611. The number of carbonyl (C=O) groups excluding carboxylic acids is 1. The molecule has 0 aromatic heterocycles. The average Bonchev–Trinajstić information content (AvgIpc) is 2.61. The molecule has 1 atom stereocenters. The van der Waals surface area contributed by atoms with Gasteiger partial charge in [0.2, 0.25) is 10.0 Å². The molecule has 1 aliphatic rings. The first-order valence-corrected chi connectivity index (χ1v) is 10.4. The highest BCUT2D eigenvalue weighted by Gasteiger charge is 2.28. The lowest BCUT2D eigenvalue weighted by Crippen LogP contribution is -2.42. The van der Waals surface area contributed by atoms with Crippen molar-refractivity contribution >= 4 is 15.9 Å². The zero-order chi connectivity index (χ0) is 19.3. The largest absolute Gasteiger partial charge is 0.379 e. The van der Waals surface area contributed by atoms with Crippen molar-refractivity contribution in [3.05, 3.63) is 29.3 Å². The molecule has 1 aliphatic heterocycles. The van der Waals surface area contributed by atoms with Crippen LogP contribution in [0.2, 0.25) is 0 Å². The number of nitrogens with two attached hydrogens (primary N) is 1. The van der Waals surface area contributed by atoms with Crippen LogP contribution in [0.15, 0.2) is 23.1 Å². The van der Waals surface area contributed by atoms with Crippen molar-refractivity contribution in [3.8, 4) is 0 Å². The molecule has 1 aromatic carbocycles. The predicted molar refractivity (Wildman–Crippen MR) is 101 cm³/mol. The van der Waals surface area contributed by atoms with Gasteiger partial charge < -0.3 is 15.8 Å². The van der Waals surface area contributed by atoms with Gasteiger partial charge in [0.15, 0.2) is 0 Å². The number of hydrogen-bond donors (Lipinski definition) is 2. The molecule has 0 saturated carbocycles. The van der Waals surface area contributed by atoms with Crippen LogP contribution in [0.25, 0.3) is 0 Å². The van der Waals surface area contributed by atoms with Crippen molar-refractivity contribution in [2.75, 3.05) is 32.8 Å². The summed E-state index contributed by atoms with van der Waals surface area (Å²) in [4.78, 5) is 12.7. The Bertz CT molecular complexity index is 728. The van der Waals surface area contributed by atoms with E-state index in [0.717, 1.165) is 6.42 Å². The summed E-state index contributed by atoms with van der Waals surface area (Å²) in [6.07, 6.45) is 0.771. The third-order valence-electron chi connectivity index (χ3n) is 4.41. The molecule has 0 bridgehead atoms. The lowest BCUT2D eigenvalue weighted by atomic mass is 10.0. The van der Waals surface area contributed by atoms with Crippen LogP contribution in [0.1, 0.15) is 36.2 Å². The number of carbonyl (C=O) groups is 1. The van der Waals surface area contributed by atoms with Crippen LogP contribution in [0.3, 0.4) is 0 Å². The smallest absolute Gasteiger partial charge is 0.251 e. The number of morpholine rings is 1. The van der Waals surface area contributed by atoms with Crippen molar-refractivity contribution in [1.82, 2.24) is 9.62 Å². The Morgan fingerprint density at radius 3 is 2.54 bits per heavy atom. The third kappa shape index (κ3) is 5.03. The van der Waals surface area contributed by atoms with Gasteiger partial charge in [0, 0.05) is 31.2 Å². The molecule has 0 spiro atoms. The number of nitrogens with zero attached hydrogens (tertiary/aromatic N) is 1. The van der Waals surface area contributed by atoms with Crippen LogP contribution in [0.4, 0.5) is 0 Å². The van der Waals surface area contributed by atoms with E-state index in [9.17, 15) is 13.2 Å². The van der Waals surface area contributed by atoms with Gasteiger partial charge in [-0.2, -0.15) is 4.31 Å². The minimum absolute atomic E-state index is 0.136. The summed E-state index contributed by atoms with van der Waals surface area (Å²) in [5, 5.41) is 2.90. The van der Waals surface area contributed by atoms with E-state index in [0.29, 0.717) is 49.9 Å². The minimum Gasteiger partial charge on any atom is -0.379 e. The number of ether oxygens (including phenoxy) is 1. The lowest BCUT2D eigenvalue weighted by molar-refractivity contribution is 0.0730. The molecule has 2 rings (SSSR count). The normalized spacial score (nSPS) is 17.3. The molecular weight excluding hydrogens is 354 g/mol. The van der Waals surface area contributed by atoms with E-state index in [1.54, 1.807) is 19.1 Å². The van der Waals surface area contributed by atoms with Gasteiger partial charge in [-0.05, 0) is 37.0 Å². The second-order valence-corrected chi connectivity index (χ2v) is 8.94. The number of benzene rings is 1. The highest BCUT2D eigenvalue weighted by Crippen LogP contribution is 2.22. The summed E-state index contributed by atoms with van der Waals surface area (Å²) >= 11 is 0. The summed E-state index contributed by atoms with van der Waals surface area (Å²) in [7, 11) is -3.65. The van der Waals surface area contributed by atoms with Gasteiger partial charge in [-0.15, -0.1) is 0 Å². The molecule has 3 N–H and O–H groups in total. The standard InChI is InChI=1S/C18H29N3O4S/c1-13(2)10-16(12-19)20-18(22)15-5-4-14(3)17(11-15)26(23,24)21-6-8-25-9-7-21/h4-5,11,13,16H,6-10,12,19H2,1-3H3,(H,20,22). The maximum atomic E-state index is 12.9. The van der Waals surface area contributed by atoms with Gasteiger partial charge in [-0.25, -0.2) is 8.42 Å². The molecule has 0 aliphatic carbocycles. The van der Waals surface area contributed by atoms with E-state index < -0.39 is 10.0 Å². The van der Waals surface area contributed by atoms with E-state index in [2.05, 4.69) is 19.2 Å². The lowest BCUT2D eigenvalue weighted by Gasteiger charge is -2.27. The number of nitrogens with one attached hydrogen (secondary N) is 1. The summed E-state index contributed by atoms with van der Waals surface area (Å²) < 4.78 is 32.5. The molecule has 26 heavy (non-hydrogen) atoms. The topological polar surface area (TPSA) is 102 Å². The highest BCUT2D eigenvalue weighted by atomic mass is 32.2. The van der Waals surface area contributed by atoms with Gasteiger partial charge >= 0.3 is 0 Å². The van der Waals surface area contributed by atoms with Crippen molar-refractivity contribution < 1.29 is 17.9 Å². The van der Waals surface area contributed by atoms with Crippen molar-refractivity contribution in [3.63, 3.8) is 0 Å². The second kappa shape index (κ2) is 8.94. The number of rotatable bonds is 7. The van der Waals surface area contributed by atoms with E-state index in [-0.39, 0.29) is 16.8 Å². The first-order valence-electron chi connectivity index (χ1n) is 8.95. The summed E-state index contributed by atoms with van der Waals surface area (Å²) in [5.41, 5.74) is 6.68. The first-order chi connectivity index (χ1) is 12.3. The molecule has 1 aromatic rings. The molecule has 1 fully saturated rings. The van der Waals surface area contributed by atoms with Gasteiger partial charge in [-0.1, -0.05) is 19.9 Å². The fourth-order valence-electron chi connectivity index (χ4n) is 3.00. The summed E-state index contributed by atoms with van der Waals surface area (Å²) in [5.74, 6) is 0.0960.